The minimum atomic E-state index is -4.71. The standard InChI is InChI=1S/C40H34ClF3N2O7/c1-24-3-7-26(8-4-24)27-9-11-28(12-10-27)39(51)53-31-15-5-25(6-16-31)22-46(23-37(48)49)38(50)33-18-14-30(20-35(33)41)45-36(47)19-29-13-17-32(52-2)21-34(29)40(42,43)44/h3-18,20-21,37,48-49H,19,22-23H2,1-2H3,(H,45,47). The lowest BCUT2D eigenvalue weighted by Crippen LogP contribution is -2.37. The van der Waals surface area contributed by atoms with Crippen molar-refractivity contribution >= 4 is 35.1 Å². The zero-order chi connectivity index (χ0) is 38.3. The molecule has 0 aliphatic carbocycles. The van der Waals surface area contributed by atoms with Crippen LogP contribution in [0, 0.1) is 6.92 Å². The summed E-state index contributed by atoms with van der Waals surface area (Å²) in [6, 6.07) is 28.6. The minimum absolute atomic E-state index is 0.00854. The van der Waals surface area contributed by atoms with E-state index in [2.05, 4.69) is 5.32 Å². The number of benzene rings is 5. The number of halogens is 4. The molecule has 5 aromatic rings. The first-order valence-corrected chi connectivity index (χ1v) is 16.5. The quantitative estimate of drug-likeness (QED) is 0.0679. The third-order valence-electron chi connectivity index (χ3n) is 8.14. The third kappa shape index (κ3) is 10.2. The van der Waals surface area contributed by atoms with E-state index in [0.717, 1.165) is 33.7 Å². The number of aliphatic hydroxyl groups is 2. The molecule has 0 fully saturated rings. The SMILES string of the molecule is COc1ccc(CC(=O)Nc2ccc(C(=O)N(Cc3ccc(OC(=O)c4ccc(-c5ccc(C)cc5)cc4)cc3)CC(O)O)c(Cl)c2)c(C(F)(F)F)c1. The molecule has 0 radical (unpaired) electrons. The average Bonchev–Trinajstić information content (AvgIpc) is 3.12. The highest BCUT2D eigenvalue weighted by atomic mass is 35.5. The van der Waals surface area contributed by atoms with Crippen LogP contribution in [0.4, 0.5) is 18.9 Å². The van der Waals surface area contributed by atoms with Crippen molar-refractivity contribution in [2.45, 2.75) is 32.4 Å². The van der Waals surface area contributed by atoms with Gasteiger partial charge in [-0.25, -0.2) is 4.79 Å². The maximum absolute atomic E-state index is 13.6. The molecule has 0 aliphatic rings. The molecule has 53 heavy (non-hydrogen) atoms. The number of anilines is 1. The molecule has 3 N–H and O–H groups in total. The van der Waals surface area contributed by atoms with Crippen LogP contribution in [0.1, 0.15) is 43.0 Å². The Morgan fingerprint density at radius 3 is 2.04 bits per heavy atom. The number of hydrogen-bond acceptors (Lipinski definition) is 7. The van der Waals surface area contributed by atoms with Crippen LogP contribution in [-0.2, 0) is 23.9 Å². The first kappa shape index (κ1) is 38.5. The number of methoxy groups -OCH3 is 1. The average molecular weight is 747 g/mol. The maximum atomic E-state index is 13.6. The van der Waals surface area contributed by atoms with Gasteiger partial charge in [0.25, 0.3) is 5.91 Å². The lowest BCUT2D eigenvalue weighted by atomic mass is 10.0. The van der Waals surface area contributed by atoms with E-state index in [4.69, 9.17) is 21.1 Å². The van der Waals surface area contributed by atoms with Crippen molar-refractivity contribution < 1.29 is 47.2 Å². The number of aliphatic hydroxyl groups excluding tert-OH is 1. The number of ether oxygens (including phenoxy) is 2. The predicted octanol–water partition coefficient (Wildman–Crippen LogP) is 7.70. The molecule has 274 valence electrons. The molecule has 0 unspecified atom stereocenters. The van der Waals surface area contributed by atoms with Gasteiger partial charge in [0.05, 0.1) is 41.8 Å². The summed E-state index contributed by atoms with van der Waals surface area (Å²) in [6.45, 7) is 1.45. The largest absolute Gasteiger partial charge is 0.497 e. The second-order valence-electron chi connectivity index (χ2n) is 12.1. The Morgan fingerprint density at radius 1 is 0.830 bits per heavy atom. The lowest BCUT2D eigenvalue weighted by Gasteiger charge is -2.24. The molecule has 0 aliphatic heterocycles. The third-order valence-corrected chi connectivity index (χ3v) is 8.45. The van der Waals surface area contributed by atoms with E-state index in [9.17, 15) is 37.8 Å². The molecule has 0 saturated carbocycles. The van der Waals surface area contributed by atoms with Gasteiger partial charge in [0.2, 0.25) is 5.91 Å². The number of carbonyl (C=O) groups excluding carboxylic acids is 3. The number of amides is 2. The first-order chi connectivity index (χ1) is 25.2. The monoisotopic (exact) mass is 746 g/mol. The minimum Gasteiger partial charge on any atom is -0.497 e. The van der Waals surface area contributed by atoms with E-state index in [1.807, 2.05) is 43.3 Å². The molecule has 0 saturated heterocycles. The van der Waals surface area contributed by atoms with Crippen LogP contribution in [-0.4, -0.2) is 52.8 Å². The van der Waals surface area contributed by atoms with Crippen molar-refractivity contribution in [2.75, 3.05) is 19.0 Å². The van der Waals surface area contributed by atoms with Crippen molar-refractivity contribution in [2.24, 2.45) is 0 Å². The van der Waals surface area contributed by atoms with Crippen LogP contribution < -0.4 is 14.8 Å². The smallest absolute Gasteiger partial charge is 0.416 e. The number of nitrogens with zero attached hydrogens (tertiary/aromatic N) is 1. The maximum Gasteiger partial charge on any atom is 0.416 e. The fraction of sp³-hybridized carbons (Fsp3) is 0.175. The highest BCUT2D eigenvalue weighted by molar-refractivity contribution is 6.34. The zero-order valence-corrected chi connectivity index (χ0v) is 29.2. The van der Waals surface area contributed by atoms with Crippen molar-refractivity contribution in [3.63, 3.8) is 0 Å². The topological polar surface area (TPSA) is 125 Å². The Hall–Kier alpha value is -5.69. The molecule has 2 amide bonds. The van der Waals surface area contributed by atoms with E-state index >= 15 is 0 Å². The number of alkyl halides is 3. The Balaban J connectivity index is 1.22. The number of rotatable bonds is 12. The van der Waals surface area contributed by atoms with Crippen molar-refractivity contribution in [3.8, 4) is 22.6 Å². The molecule has 5 rings (SSSR count). The summed E-state index contributed by atoms with van der Waals surface area (Å²) < 4.78 is 51.2. The Morgan fingerprint density at radius 2 is 1.45 bits per heavy atom. The summed E-state index contributed by atoms with van der Waals surface area (Å²) in [7, 11) is 1.23. The molecular formula is C40H34ClF3N2O7. The summed E-state index contributed by atoms with van der Waals surface area (Å²) in [5.41, 5.74) is 2.87. The van der Waals surface area contributed by atoms with Crippen LogP contribution in [0.2, 0.25) is 5.02 Å². The van der Waals surface area contributed by atoms with Gasteiger partial charge in [-0.2, -0.15) is 13.2 Å². The number of nitrogens with one attached hydrogen (secondary N) is 1. The number of hydrogen-bond donors (Lipinski definition) is 3. The summed E-state index contributed by atoms with van der Waals surface area (Å²) in [4.78, 5) is 40.1. The van der Waals surface area contributed by atoms with Gasteiger partial charge in [-0.3, -0.25) is 9.59 Å². The van der Waals surface area contributed by atoms with Gasteiger partial charge >= 0.3 is 12.1 Å². The number of esters is 1. The van der Waals surface area contributed by atoms with Crippen LogP contribution in [0.5, 0.6) is 11.5 Å². The summed E-state index contributed by atoms with van der Waals surface area (Å²) >= 11 is 6.40. The number of carbonyl (C=O) groups is 3. The van der Waals surface area contributed by atoms with E-state index < -0.39 is 48.8 Å². The van der Waals surface area contributed by atoms with E-state index in [0.29, 0.717) is 11.1 Å². The highest BCUT2D eigenvalue weighted by Gasteiger charge is 2.34. The second kappa shape index (κ2) is 16.8. The van der Waals surface area contributed by atoms with Gasteiger partial charge in [0, 0.05) is 12.2 Å². The molecule has 9 nitrogen and oxygen atoms in total. The van der Waals surface area contributed by atoms with Crippen molar-refractivity contribution in [1.82, 2.24) is 4.90 Å². The van der Waals surface area contributed by atoms with Crippen LogP contribution in [0.3, 0.4) is 0 Å². The second-order valence-corrected chi connectivity index (χ2v) is 12.5. The van der Waals surface area contributed by atoms with E-state index in [-0.39, 0.29) is 39.9 Å². The van der Waals surface area contributed by atoms with Gasteiger partial charge in [0.1, 0.15) is 11.5 Å². The fourth-order valence-electron chi connectivity index (χ4n) is 5.43. The van der Waals surface area contributed by atoms with Crippen molar-refractivity contribution in [1.29, 1.82) is 0 Å². The Kier molecular flexibility index (Phi) is 12.2. The molecule has 0 atom stereocenters. The lowest BCUT2D eigenvalue weighted by molar-refractivity contribution is -0.138. The molecule has 0 bridgehead atoms. The predicted molar refractivity (Wildman–Crippen MR) is 193 cm³/mol. The highest BCUT2D eigenvalue weighted by Crippen LogP contribution is 2.35. The number of aryl methyl sites for hydroxylation is 1. The fourth-order valence-corrected chi connectivity index (χ4v) is 5.69. The van der Waals surface area contributed by atoms with Crippen LogP contribution >= 0.6 is 11.6 Å². The molecular weight excluding hydrogens is 713 g/mol. The van der Waals surface area contributed by atoms with Crippen LogP contribution in [0.15, 0.2) is 109 Å². The Labute approximate surface area is 308 Å². The van der Waals surface area contributed by atoms with E-state index in [1.54, 1.807) is 36.4 Å². The van der Waals surface area contributed by atoms with Gasteiger partial charge in [0.15, 0.2) is 6.29 Å². The molecule has 5 aromatic carbocycles. The van der Waals surface area contributed by atoms with Gasteiger partial charge in [-0.05, 0) is 83.8 Å². The van der Waals surface area contributed by atoms with E-state index in [1.165, 1.54) is 31.4 Å². The summed E-state index contributed by atoms with van der Waals surface area (Å²) in [5.74, 6) is -1.74. The molecule has 0 spiro atoms. The molecule has 13 heteroatoms. The molecule has 0 heterocycles. The summed E-state index contributed by atoms with van der Waals surface area (Å²) in [6.07, 6.45) is -7.19. The normalized spacial score (nSPS) is 11.3. The van der Waals surface area contributed by atoms with Gasteiger partial charge < -0.3 is 29.9 Å². The van der Waals surface area contributed by atoms with Crippen molar-refractivity contribution in [3.05, 3.63) is 148 Å². The summed E-state index contributed by atoms with van der Waals surface area (Å²) in [5, 5.41) is 21.8. The van der Waals surface area contributed by atoms with Gasteiger partial charge in [-0.15, -0.1) is 0 Å². The Bertz CT molecular complexity index is 2090. The van der Waals surface area contributed by atoms with Crippen LogP contribution in [0.25, 0.3) is 11.1 Å². The van der Waals surface area contributed by atoms with Gasteiger partial charge in [-0.1, -0.05) is 71.8 Å². The molecule has 0 aromatic heterocycles. The zero-order valence-electron chi connectivity index (χ0n) is 28.5. The first-order valence-electron chi connectivity index (χ1n) is 16.2.